The van der Waals surface area contributed by atoms with Crippen molar-refractivity contribution in [1.82, 2.24) is 5.32 Å². The Kier molecular flexibility index (Phi) is 31.6. The van der Waals surface area contributed by atoms with Crippen molar-refractivity contribution < 1.29 is 23.8 Å². The molecule has 0 aromatic carbocycles. The first kappa shape index (κ1) is 47.3. The molecule has 0 aliphatic rings. The van der Waals surface area contributed by atoms with E-state index < -0.39 is 6.04 Å². The van der Waals surface area contributed by atoms with Crippen LogP contribution < -0.4 is 16.8 Å². The van der Waals surface area contributed by atoms with Crippen LogP contribution in [-0.2, 0) is 23.8 Å². The summed E-state index contributed by atoms with van der Waals surface area (Å²) in [6, 6.07) is -0.398. The van der Waals surface area contributed by atoms with E-state index in [0.717, 1.165) is 82.8 Å². The van der Waals surface area contributed by atoms with Gasteiger partial charge < -0.3 is 31.0 Å². The van der Waals surface area contributed by atoms with Gasteiger partial charge in [0.15, 0.2) is 5.96 Å². The Balaban J connectivity index is 4.55. The third kappa shape index (κ3) is 27.1. The summed E-state index contributed by atoms with van der Waals surface area (Å²) in [6.45, 7) is 18.9. The number of hydrogen-bond donors (Lipinski definition) is 3. The van der Waals surface area contributed by atoms with E-state index in [4.69, 9.17) is 25.7 Å². The van der Waals surface area contributed by atoms with Crippen LogP contribution >= 0.6 is 0 Å². The Hall–Kier alpha value is -2.71. The number of unbranched alkanes of at least 4 members (excludes halogenated alkanes) is 11. The SMILES string of the molecule is C=C(OCCCC(=O)N[C@@H](CCN=C(N)N)C(=C)OCCCCCCOC(=O)C(CCCC)CCCCCC)C(CCCC)CCCCCC. The summed E-state index contributed by atoms with van der Waals surface area (Å²) in [7, 11) is 0. The largest absolute Gasteiger partial charge is 0.498 e. The highest BCUT2D eigenvalue weighted by molar-refractivity contribution is 5.76. The predicted molar refractivity (Wildman–Crippen MR) is 210 cm³/mol. The van der Waals surface area contributed by atoms with E-state index in [-0.39, 0.29) is 23.8 Å². The number of hydrogen-bond acceptors (Lipinski definition) is 6. The highest BCUT2D eigenvalue weighted by atomic mass is 16.5. The van der Waals surface area contributed by atoms with Gasteiger partial charge in [-0.2, -0.15) is 0 Å². The molecule has 0 aliphatic heterocycles. The van der Waals surface area contributed by atoms with Crippen molar-refractivity contribution in [3.8, 4) is 0 Å². The van der Waals surface area contributed by atoms with Crippen LogP contribution in [0.25, 0.3) is 0 Å². The molecule has 9 heteroatoms. The molecule has 0 aromatic heterocycles. The number of amides is 1. The van der Waals surface area contributed by atoms with E-state index in [1.54, 1.807) is 0 Å². The number of carbonyl (C=O) groups is 2. The Bertz CT molecular complexity index is 905. The predicted octanol–water partition coefficient (Wildman–Crippen LogP) is 9.63. The van der Waals surface area contributed by atoms with Crippen molar-refractivity contribution in [1.29, 1.82) is 0 Å². The molecule has 0 fully saturated rings. The van der Waals surface area contributed by atoms with E-state index in [1.807, 2.05) is 0 Å². The number of nitrogens with zero attached hydrogens (tertiary/aromatic N) is 1. The van der Waals surface area contributed by atoms with E-state index in [1.165, 1.54) is 51.4 Å². The monoisotopic (exact) mass is 707 g/mol. The van der Waals surface area contributed by atoms with E-state index >= 15 is 0 Å². The van der Waals surface area contributed by atoms with Crippen LogP contribution in [0, 0.1) is 11.8 Å². The number of esters is 1. The first-order chi connectivity index (χ1) is 24.2. The third-order valence-electron chi connectivity index (χ3n) is 9.26. The highest BCUT2D eigenvalue weighted by Gasteiger charge is 2.20. The molecule has 3 atom stereocenters. The lowest BCUT2D eigenvalue weighted by atomic mass is 9.94. The lowest BCUT2D eigenvalue weighted by molar-refractivity contribution is -0.149. The standard InChI is InChI=1S/C41H78N4O5/c1-7-11-15-19-26-36(24-13-9-3)34(5)48-33-23-28-39(46)45-38(29-30-44-41(42)43)35(6)49-31-21-17-18-22-32-50-40(47)37(25-14-10-4)27-20-16-12-8-2/h36-38H,5-33H2,1-4H3,(H,45,46)(H4,42,43,44)/t36?,37?,38-/m0/s1. The van der Waals surface area contributed by atoms with Gasteiger partial charge in [-0.15, -0.1) is 0 Å². The average molecular weight is 707 g/mol. The van der Waals surface area contributed by atoms with Crippen molar-refractivity contribution in [2.24, 2.45) is 28.3 Å². The first-order valence-electron chi connectivity index (χ1n) is 20.3. The van der Waals surface area contributed by atoms with E-state index in [2.05, 4.69) is 51.2 Å². The molecule has 5 N–H and O–H groups in total. The minimum atomic E-state index is -0.398. The van der Waals surface area contributed by atoms with Crippen LogP contribution in [0.3, 0.4) is 0 Å². The van der Waals surface area contributed by atoms with Crippen molar-refractivity contribution in [2.75, 3.05) is 26.4 Å². The second kappa shape index (κ2) is 33.4. The number of allylic oxidation sites excluding steroid dienone is 1. The van der Waals surface area contributed by atoms with E-state index in [0.29, 0.717) is 57.3 Å². The molecule has 50 heavy (non-hydrogen) atoms. The zero-order chi connectivity index (χ0) is 37.2. The number of carbonyl (C=O) groups excluding carboxylic acids is 2. The number of aliphatic imine (C=N–C) groups is 1. The molecular formula is C41H78N4O5. The molecule has 9 nitrogen and oxygen atoms in total. The molecule has 2 unspecified atom stereocenters. The van der Waals surface area contributed by atoms with Crippen LogP contribution in [0.4, 0.5) is 0 Å². The van der Waals surface area contributed by atoms with Gasteiger partial charge in [0, 0.05) is 18.9 Å². The Labute approximate surface area is 307 Å². The molecule has 0 aliphatic carbocycles. The summed E-state index contributed by atoms with van der Waals surface area (Å²) in [5, 5.41) is 3.05. The normalized spacial score (nSPS) is 12.8. The number of rotatable bonds is 36. The molecule has 292 valence electrons. The van der Waals surface area contributed by atoms with Crippen LogP contribution in [0.2, 0.25) is 0 Å². The lowest BCUT2D eigenvalue weighted by Gasteiger charge is -2.22. The van der Waals surface area contributed by atoms with Crippen LogP contribution in [0.5, 0.6) is 0 Å². The molecule has 0 saturated heterocycles. The minimum absolute atomic E-state index is 0.00993. The van der Waals surface area contributed by atoms with Gasteiger partial charge in [0.05, 0.1) is 37.5 Å². The zero-order valence-electron chi connectivity index (χ0n) is 32.9. The van der Waals surface area contributed by atoms with Gasteiger partial charge in [-0.25, -0.2) is 0 Å². The van der Waals surface area contributed by atoms with Gasteiger partial charge >= 0.3 is 5.97 Å². The second-order valence-corrected chi connectivity index (χ2v) is 13.9. The van der Waals surface area contributed by atoms with Crippen LogP contribution in [-0.4, -0.2) is 50.2 Å². The minimum Gasteiger partial charge on any atom is -0.498 e. The summed E-state index contributed by atoms with van der Waals surface area (Å²) >= 11 is 0. The van der Waals surface area contributed by atoms with Crippen molar-refractivity contribution in [3.05, 3.63) is 24.7 Å². The fourth-order valence-electron chi connectivity index (χ4n) is 5.99. The maximum atomic E-state index is 12.9. The Morgan fingerprint density at radius 2 is 1.06 bits per heavy atom. The molecular weight excluding hydrogens is 628 g/mol. The van der Waals surface area contributed by atoms with Crippen molar-refractivity contribution >= 4 is 17.8 Å². The van der Waals surface area contributed by atoms with Gasteiger partial charge in [0.1, 0.15) is 5.76 Å². The Morgan fingerprint density at radius 3 is 1.64 bits per heavy atom. The topological polar surface area (TPSA) is 138 Å². The third-order valence-corrected chi connectivity index (χ3v) is 9.26. The molecule has 0 rings (SSSR count). The summed E-state index contributed by atoms with van der Waals surface area (Å²) in [4.78, 5) is 29.6. The summed E-state index contributed by atoms with van der Waals surface area (Å²) < 4.78 is 17.6. The molecule has 1 amide bonds. The number of nitrogens with two attached hydrogens (primary N) is 2. The summed E-state index contributed by atoms with van der Waals surface area (Å²) in [5.74, 6) is 1.68. The zero-order valence-corrected chi connectivity index (χ0v) is 32.9. The fourth-order valence-corrected chi connectivity index (χ4v) is 5.99. The molecule has 0 bridgehead atoms. The lowest BCUT2D eigenvalue weighted by Crippen LogP contribution is -2.37. The molecule has 0 saturated carbocycles. The van der Waals surface area contributed by atoms with Gasteiger partial charge in [0.25, 0.3) is 0 Å². The smallest absolute Gasteiger partial charge is 0.308 e. The number of guanidine groups is 1. The van der Waals surface area contributed by atoms with Crippen LogP contribution in [0.15, 0.2) is 29.7 Å². The number of nitrogens with one attached hydrogen (secondary N) is 1. The van der Waals surface area contributed by atoms with Gasteiger partial charge in [-0.1, -0.05) is 118 Å². The molecule has 0 spiro atoms. The molecule has 0 heterocycles. The van der Waals surface area contributed by atoms with Crippen molar-refractivity contribution in [3.63, 3.8) is 0 Å². The maximum absolute atomic E-state index is 12.9. The fraction of sp³-hybridized carbons (Fsp3) is 0.829. The average Bonchev–Trinajstić information content (AvgIpc) is 3.09. The highest BCUT2D eigenvalue weighted by Crippen LogP contribution is 2.25. The Morgan fingerprint density at radius 1 is 0.580 bits per heavy atom. The van der Waals surface area contributed by atoms with Gasteiger partial charge in [-0.3, -0.25) is 14.6 Å². The van der Waals surface area contributed by atoms with Gasteiger partial charge in [-0.05, 0) is 64.2 Å². The summed E-state index contributed by atoms with van der Waals surface area (Å²) in [5.41, 5.74) is 11.0. The quantitative estimate of drug-likeness (QED) is 0.0194. The summed E-state index contributed by atoms with van der Waals surface area (Å²) in [6.07, 6.45) is 23.3. The van der Waals surface area contributed by atoms with Crippen molar-refractivity contribution in [2.45, 2.75) is 181 Å². The molecule has 0 radical (unpaired) electrons. The van der Waals surface area contributed by atoms with Gasteiger partial charge in [0.2, 0.25) is 5.91 Å². The molecule has 0 aromatic rings. The number of ether oxygens (including phenoxy) is 3. The second-order valence-electron chi connectivity index (χ2n) is 13.9. The first-order valence-corrected chi connectivity index (χ1v) is 20.3. The van der Waals surface area contributed by atoms with E-state index in [9.17, 15) is 9.59 Å². The van der Waals surface area contributed by atoms with Crippen LogP contribution in [0.1, 0.15) is 175 Å². The maximum Gasteiger partial charge on any atom is 0.308 e.